The summed E-state index contributed by atoms with van der Waals surface area (Å²) in [6, 6.07) is 7.10. The van der Waals surface area contributed by atoms with Gasteiger partial charge < -0.3 is 11.1 Å². The van der Waals surface area contributed by atoms with E-state index in [1.807, 2.05) is 24.3 Å². The lowest BCUT2D eigenvalue weighted by Crippen LogP contribution is -2.40. The van der Waals surface area contributed by atoms with Crippen LogP contribution in [-0.4, -0.2) is 11.9 Å². The summed E-state index contributed by atoms with van der Waals surface area (Å²) in [6.07, 6.45) is 1.95. The van der Waals surface area contributed by atoms with Crippen LogP contribution in [0, 0.1) is 5.92 Å². The van der Waals surface area contributed by atoms with Crippen LogP contribution in [0.1, 0.15) is 45.2 Å². The second-order valence-corrected chi connectivity index (χ2v) is 5.81. The lowest BCUT2D eigenvalue weighted by Gasteiger charge is -2.21. The average Bonchev–Trinajstić information content (AvgIpc) is 2.35. The first kappa shape index (κ1) is 16.0. The van der Waals surface area contributed by atoms with Gasteiger partial charge in [-0.1, -0.05) is 37.6 Å². The first-order valence-corrected chi connectivity index (χ1v) is 7.09. The van der Waals surface area contributed by atoms with Gasteiger partial charge >= 0.3 is 0 Å². The fourth-order valence-corrected chi connectivity index (χ4v) is 1.95. The van der Waals surface area contributed by atoms with E-state index >= 15 is 0 Å². The molecule has 0 aliphatic carbocycles. The number of hydrogen-bond donors (Lipinski definition) is 2. The van der Waals surface area contributed by atoms with E-state index in [-0.39, 0.29) is 11.9 Å². The smallest absolute Gasteiger partial charge is 0.237 e. The topological polar surface area (TPSA) is 55.1 Å². The van der Waals surface area contributed by atoms with Gasteiger partial charge in [-0.2, -0.15) is 0 Å². The predicted octanol–water partition coefficient (Wildman–Crippen LogP) is 3.28. The molecule has 0 bridgehead atoms. The molecule has 0 aliphatic rings. The Bertz CT molecular complexity index is 401. The monoisotopic (exact) mass is 282 g/mol. The summed E-state index contributed by atoms with van der Waals surface area (Å²) in [4.78, 5) is 11.8. The number of hydrogen-bond acceptors (Lipinski definition) is 2. The maximum absolute atomic E-state index is 11.8. The number of amides is 1. The highest BCUT2D eigenvalue weighted by molar-refractivity contribution is 6.30. The van der Waals surface area contributed by atoms with Crippen LogP contribution in [0.3, 0.4) is 0 Å². The minimum absolute atomic E-state index is 0.00170. The Morgan fingerprint density at radius 3 is 2.26 bits per heavy atom. The van der Waals surface area contributed by atoms with E-state index in [1.54, 1.807) is 6.92 Å². The lowest BCUT2D eigenvalue weighted by atomic mass is 9.97. The Kier molecular flexibility index (Phi) is 6.32. The lowest BCUT2D eigenvalue weighted by molar-refractivity contribution is -0.122. The Labute approximate surface area is 120 Å². The molecule has 4 heteroatoms. The van der Waals surface area contributed by atoms with Gasteiger partial charge in [0.2, 0.25) is 5.91 Å². The number of nitrogens with one attached hydrogen (secondary N) is 1. The van der Waals surface area contributed by atoms with Crippen molar-refractivity contribution in [2.45, 2.75) is 45.7 Å². The van der Waals surface area contributed by atoms with E-state index < -0.39 is 6.04 Å². The standard InChI is InChI=1S/C15H23ClN2O/c1-10(2)4-9-14(18-15(19)11(3)17)12-5-7-13(16)8-6-12/h5-8,10-11,14H,4,9,17H2,1-3H3,(H,18,19)/t11-,14?/m0/s1. The number of nitrogens with two attached hydrogens (primary N) is 1. The van der Waals surface area contributed by atoms with E-state index in [1.165, 1.54) is 0 Å². The Hall–Kier alpha value is -1.06. The molecule has 1 rings (SSSR count). The van der Waals surface area contributed by atoms with Crippen LogP contribution in [0.2, 0.25) is 5.02 Å². The van der Waals surface area contributed by atoms with Crippen LogP contribution in [0.4, 0.5) is 0 Å². The molecule has 0 aromatic heterocycles. The summed E-state index contributed by atoms with van der Waals surface area (Å²) in [5, 5.41) is 3.70. The average molecular weight is 283 g/mol. The minimum Gasteiger partial charge on any atom is -0.348 e. The van der Waals surface area contributed by atoms with Crippen molar-refractivity contribution in [1.29, 1.82) is 0 Å². The quantitative estimate of drug-likeness (QED) is 0.841. The van der Waals surface area contributed by atoms with Gasteiger partial charge in [0.25, 0.3) is 0 Å². The maximum atomic E-state index is 11.8. The van der Waals surface area contributed by atoms with Crippen molar-refractivity contribution in [1.82, 2.24) is 5.32 Å². The summed E-state index contributed by atoms with van der Waals surface area (Å²) >= 11 is 5.89. The normalized spacial score (nSPS) is 14.2. The zero-order valence-electron chi connectivity index (χ0n) is 11.8. The van der Waals surface area contributed by atoms with Gasteiger partial charge in [0.05, 0.1) is 12.1 Å². The summed E-state index contributed by atoms with van der Waals surface area (Å²) in [7, 11) is 0. The number of halogens is 1. The van der Waals surface area contributed by atoms with Crippen LogP contribution in [0.5, 0.6) is 0 Å². The summed E-state index contributed by atoms with van der Waals surface area (Å²) in [6.45, 7) is 6.04. The highest BCUT2D eigenvalue weighted by Gasteiger charge is 2.17. The van der Waals surface area contributed by atoms with Gasteiger partial charge in [0.15, 0.2) is 0 Å². The molecule has 3 N–H and O–H groups in total. The Morgan fingerprint density at radius 2 is 1.79 bits per heavy atom. The molecule has 0 saturated carbocycles. The van der Waals surface area contributed by atoms with E-state index in [2.05, 4.69) is 19.2 Å². The van der Waals surface area contributed by atoms with Gasteiger partial charge in [-0.3, -0.25) is 4.79 Å². The number of carbonyl (C=O) groups excluding carboxylic acids is 1. The zero-order valence-corrected chi connectivity index (χ0v) is 12.6. The van der Waals surface area contributed by atoms with Crippen molar-refractivity contribution in [3.63, 3.8) is 0 Å². The SMILES string of the molecule is CC(C)CCC(NC(=O)[C@H](C)N)c1ccc(Cl)cc1. The molecule has 0 heterocycles. The second-order valence-electron chi connectivity index (χ2n) is 5.37. The van der Waals surface area contributed by atoms with E-state index in [9.17, 15) is 4.79 Å². The zero-order chi connectivity index (χ0) is 14.4. The van der Waals surface area contributed by atoms with E-state index in [4.69, 9.17) is 17.3 Å². The predicted molar refractivity (Wildman–Crippen MR) is 80.1 cm³/mol. The third-order valence-corrected chi connectivity index (χ3v) is 3.29. The van der Waals surface area contributed by atoms with Crippen LogP contribution in [0.15, 0.2) is 24.3 Å². The highest BCUT2D eigenvalue weighted by Crippen LogP contribution is 2.22. The molecule has 2 atom stereocenters. The fourth-order valence-electron chi connectivity index (χ4n) is 1.82. The number of benzene rings is 1. The Balaban J connectivity index is 2.79. The van der Waals surface area contributed by atoms with E-state index in [0.29, 0.717) is 10.9 Å². The number of carbonyl (C=O) groups is 1. The van der Waals surface area contributed by atoms with Crippen molar-refractivity contribution < 1.29 is 4.79 Å². The second kappa shape index (κ2) is 7.51. The van der Waals surface area contributed by atoms with Crippen LogP contribution < -0.4 is 11.1 Å². The van der Waals surface area contributed by atoms with Gasteiger partial charge in [-0.15, -0.1) is 0 Å². The molecular formula is C15H23ClN2O. The summed E-state index contributed by atoms with van der Waals surface area (Å²) < 4.78 is 0. The molecule has 1 amide bonds. The number of rotatable bonds is 6. The molecule has 1 aromatic rings. The summed E-state index contributed by atoms with van der Waals surface area (Å²) in [5.74, 6) is 0.478. The molecule has 19 heavy (non-hydrogen) atoms. The van der Waals surface area contributed by atoms with Gasteiger partial charge in [0, 0.05) is 5.02 Å². The highest BCUT2D eigenvalue weighted by atomic mass is 35.5. The molecule has 0 aliphatic heterocycles. The van der Waals surface area contributed by atoms with Gasteiger partial charge in [-0.05, 0) is 43.4 Å². The molecule has 3 nitrogen and oxygen atoms in total. The van der Waals surface area contributed by atoms with Crippen molar-refractivity contribution in [2.75, 3.05) is 0 Å². The molecule has 106 valence electrons. The largest absolute Gasteiger partial charge is 0.348 e. The molecule has 0 radical (unpaired) electrons. The van der Waals surface area contributed by atoms with Crippen molar-refractivity contribution in [3.05, 3.63) is 34.9 Å². The maximum Gasteiger partial charge on any atom is 0.237 e. The molecular weight excluding hydrogens is 260 g/mol. The van der Waals surface area contributed by atoms with Crippen LogP contribution in [0.25, 0.3) is 0 Å². The first-order chi connectivity index (χ1) is 8.90. The van der Waals surface area contributed by atoms with Gasteiger partial charge in [0.1, 0.15) is 0 Å². The first-order valence-electron chi connectivity index (χ1n) is 6.71. The third-order valence-electron chi connectivity index (χ3n) is 3.04. The Morgan fingerprint density at radius 1 is 1.21 bits per heavy atom. The molecule has 0 saturated heterocycles. The molecule has 1 aromatic carbocycles. The molecule has 1 unspecified atom stereocenters. The van der Waals surface area contributed by atoms with E-state index in [0.717, 1.165) is 18.4 Å². The minimum atomic E-state index is -0.492. The van der Waals surface area contributed by atoms with Gasteiger partial charge in [-0.25, -0.2) is 0 Å². The van der Waals surface area contributed by atoms with Crippen LogP contribution >= 0.6 is 11.6 Å². The third kappa shape index (κ3) is 5.62. The van der Waals surface area contributed by atoms with Crippen molar-refractivity contribution >= 4 is 17.5 Å². The van der Waals surface area contributed by atoms with Crippen molar-refractivity contribution in [2.24, 2.45) is 11.7 Å². The van der Waals surface area contributed by atoms with Crippen molar-refractivity contribution in [3.8, 4) is 0 Å². The molecule has 0 fully saturated rings. The molecule has 0 spiro atoms. The summed E-state index contributed by atoms with van der Waals surface area (Å²) in [5.41, 5.74) is 6.68. The fraction of sp³-hybridized carbons (Fsp3) is 0.533. The van der Waals surface area contributed by atoms with Crippen LogP contribution in [-0.2, 0) is 4.79 Å².